The molecule has 0 bridgehead atoms. The number of sulfone groups is 1. The fourth-order valence-electron chi connectivity index (χ4n) is 2.60. The molecule has 7 heteroatoms. The van der Waals surface area contributed by atoms with E-state index in [-0.39, 0.29) is 17.2 Å². The quantitative estimate of drug-likeness (QED) is 0.877. The maximum atomic E-state index is 12.2. The number of carbonyl (C=O) groups excluding carboxylic acids is 1. The van der Waals surface area contributed by atoms with Crippen LogP contribution in [0.25, 0.3) is 0 Å². The van der Waals surface area contributed by atoms with E-state index >= 15 is 0 Å². The highest BCUT2D eigenvalue weighted by Crippen LogP contribution is 2.21. The third-order valence-corrected chi connectivity index (χ3v) is 5.46. The maximum Gasteiger partial charge on any atom is 0.303 e. The lowest BCUT2D eigenvalue weighted by atomic mass is 9.94. The van der Waals surface area contributed by atoms with Crippen molar-refractivity contribution in [1.29, 1.82) is 0 Å². The Balaban J connectivity index is 1.92. The monoisotopic (exact) mass is 325 g/mol. The van der Waals surface area contributed by atoms with Gasteiger partial charge < -0.3 is 10.0 Å². The Hall–Kier alpha value is -1.89. The van der Waals surface area contributed by atoms with E-state index in [0.29, 0.717) is 25.9 Å². The van der Waals surface area contributed by atoms with Gasteiger partial charge in [0.1, 0.15) is 5.75 Å². The van der Waals surface area contributed by atoms with Gasteiger partial charge in [-0.25, -0.2) is 8.42 Å². The minimum absolute atomic E-state index is 0.0623. The van der Waals surface area contributed by atoms with Crippen molar-refractivity contribution in [2.24, 2.45) is 5.92 Å². The summed E-state index contributed by atoms with van der Waals surface area (Å²) in [6.45, 7) is 0.835. The molecule has 6 nitrogen and oxygen atoms in total. The van der Waals surface area contributed by atoms with Crippen molar-refractivity contribution in [3.63, 3.8) is 0 Å². The first kappa shape index (κ1) is 16.5. The van der Waals surface area contributed by atoms with Crippen molar-refractivity contribution in [3.05, 3.63) is 30.3 Å². The molecule has 2 rings (SSSR count). The number of piperidine rings is 1. The second kappa shape index (κ2) is 6.91. The summed E-state index contributed by atoms with van der Waals surface area (Å²) < 4.78 is 24.3. The second-order valence-corrected chi connectivity index (χ2v) is 7.48. The summed E-state index contributed by atoms with van der Waals surface area (Å²) in [5, 5.41) is 8.76. The number of carboxylic acids is 1. The van der Waals surface area contributed by atoms with Crippen LogP contribution in [-0.4, -0.2) is 49.1 Å². The minimum Gasteiger partial charge on any atom is -0.481 e. The topological polar surface area (TPSA) is 91.8 Å². The number of nitrogens with zero attached hydrogens (tertiary/aromatic N) is 1. The fraction of sp³-hybridized carbons (Fsp3) is 0.467. The molecule has 0 radical (unpaired) electrons. The van der Waals surface area contributed by atoms with Crippen LogP contribution in [0.2, 0.25) is 0 Å². The third kappa shape index (κ3) is 4.30. The van der Waals surface area contributed by atoms with E-state index in [1.807, 2.05) is 0 Å². The van der Waals surface area contributed by atoms with Gasteiger partial charge >= 0.3 is 5.97 Å². The lowest BCUT2D eigenvalue weighted by Gasteiger charge is -2.31. The molecular formula is C15H19NO5S. The van der Waals surface area contributed by atoms with Crippen LogP contribution in [-0.2, 0) is 19.4 Å². The predicted octanol–water partition coefficient (Wildman–Crippen LogP) is 1.17. The Morgan fingerprint density at radius 3 is 2.27 bits per heavy atom. The van der Waals surface area contributed by atoms with E-state index < -0.39 is 27.5 Å². The molecule has 1 amide bonds. The van der Waals surface area contributed by atoms with Gasteiger partial charge in [0.15, 0.2) is 9.84 Å². The standard InChI is InChI=1S/C15H19NO5S/c17-14(11-22(20,21)13-4-2-1-3-5-13)16-8-6-12(7-9-16)10-15(18)19/h1-5,12H,6-11H2,(H,18,19). The van der Waals surface area contributed by atoms with Gasteiger partial charge in [0.25, 0.3) is 0 Å². The molecule has 1 aromatic carbocycles. The van der Waals surface area contributed by atoms with E-state index in [4.69, 9.17) is 5.11 Å². The van der Waals surface area contributed by atoms with Crippen LogP contribution in [0.5, 0.6) is 0 Å². The highest BCUT2D eigenvalue weighted by molar-refractivity contribution is 7.92. The van der Waals surface area contributed by atoms with Gasteiger partial charge in [-0.3, -0.25) is 9.59 Å². The molecule has 1 aliphatic rings. The number of likely N-dealkylation sites (tertiary alicyclic amines) is 1. The van der Waals surface area contributed by atoms with Gasteiger partial charge in [0.05, 0.1) is 4.90 Å². The largest absolute Gasteiger partial charge is 0.481 e. The van der Waals surface area contributed by atoms with E-state index in [1.54, 1.807) is 18.2 Å². The summed E-state index contributed by atoms with van der Waals surface area (Å²) in [7, 11) is -3.63. The number of carboxylic acid groups (broad SMARTS) is 1. The number of rotatable bonds is 5. The van der Waals surface area contributed by atoms with E-state index in [0.717, 1.165) is 0 Å². The highest BCUT2D eigenvalue weighted by atomic mass is 32.2. The number of aliphatic carboxylic acids is 1. The van der Waals surface area contributed by atoms with Crippen molar-refractivity contribution in [2.75, 3.05) is 18.8 Å². The third-order valence-electron chi connectivity index (χ3n) is 3.85. The molecule has 1 fully saturated rings. The molecule has 1 aliphatic heterocycles. The summed E-state index contributed by atoms with van der Waals surface area (Å²) in [6, 6.07) is 7.90. The van der Waals surface area contributed by atoms with Crippen LogP contribution < -0.4 is 0 Å². The van der Waals surface area contributed by atoms with Crippen molar-refractivity contribution < 1.29 is 23.1 Å². The van der Waals surface area contributed by atoms with Gasteiger partial charge in [0.2, 0.25) is 5.91 Å². The highest BCUT2D eigenvalue weighted by Gasteiger charge is 2.27. The van der Waals surface area contributed by atoms with Crippen LogP contribution in [0.15, 0.2) is 35.2 Å². The molecule has 1 N–H and O–H groups in total. The number of hydrogen-bond acceptors (Lipinski definition) is 4. The van der Waals surface area contributed by atoms with Crippen molar-refractivity contribution in [1.82, 2.24) is 4.90 Å². The maximum absolute atomic E-state index is 12.2. The van der Waals surface area contributed by atoms with E-state index in [1.165, 1.54) is 17.0 Å². The molecular weight excluding hydrogens is 306 g/mol. The Labute approximate surface area is 129 Å². The van der Waals surface area contributed by atoms with Gasteiger partial charge in [-0.2, -0.15) is 0 Å². The lowest BCUT2D eigenvalue weighted by Crippen LogP contribution is -2.41. The first-order valence-corrected chi connectivity index (χ1v) is 8.81. The van der Waals surface area contributed by atoms with Crippen molar-refractivity contribution >= 4 is 21.7 Å². The van der Waals surface area contributed by atoms with Gasteiger partial charge in [-0.05, 0) is 30.9 Å². The normalized spacial score (nSPS) is 16.5. The fourth-order valence-corrected chi connectivity index (χ4v) is 3.84. The second-order valence-electron chi connectivity index (χ2n) is 5.49. The molecule has 1 heterocycles. The van der Waals surface area contributed by atoms with Crippen LogP contribution in [0, 0.1) is 5.92 Å². The van der Waals surface area contributed by atoms with Gasteiger partial charge in [0, 0.05) is 19.5 Å². The number of amides is 1. The van der Waals surface area contributed by atoms with Gasteiger partial charge in [-0.1, -0.05) is 18.2 Å². The SMILES string of the molecule is O=C(O)CC1CCN(C(=O)CS(=O)(=O)c2ccccc2)CC1. The zero-order valence-electron chi connectivity index (χ0n) is 12.1. The smallest absolute Gasteiger partial charge is 0.303 e. The number of hydrogen-bond donors (Lipinski definition) is 1. The van der Waals surface area contributed by atoms with E-state index in [2.05, 4.69) is 0 Å². The molecule has 0 saturated carbocycles. The van der Waals surface area contributed by atoms with Crippen LogP contribution in [0.4, 0.5) is 0 Å². The molecule has 0 spiro atoms. The summed E-state index contributed by atoms with van der Waals surface area (Å²) in [5.41, 5.74) is 0. The average Bonchev–Trinajstić information content (AvgIpc) is 2.48. The van der Waals surface area contributed by atoms with Crippen molar-refractivity contribution in [2.45, 2.75) is 24.2 Å². The molecule has 22 heavy (non-hydrogen) atoms. The molecule has 0 atom stereocenters. The average molecular weight is 325 g/mol. The zero-order chi connectivity index (χ0) is 16.2. The molecule has 1 saturated heterocycles. The molecule has 1 aromatic rings. The summed E-state index contributed by atoms with van der Waals surface area (Å²) in [4.78, 5) is 24.5. The number of benzene rings is 1. The Morgan fingerprint density at radius 2 is 1.73 bits per heavy atom. The Morgan fingerprint density at radius 1 is 1.14 bits per heavy atom. The summed E-state index contributed by atoms with van der Waals surface area (Å²) in [5.74, 6) is -1.73. The summed E-state index contributed by atoms with van der Waals surface area (Å²) in [6.07, 6.45) is 1.30. The lowest BCUT2D eigenvalue weighted by molar-refractivity contribution is -0.138. The first-order valence-electron chi connectivity index (χ1n) is 7.16. The zero-order valence-corrected chi connectivity index (χ0v) is 13.0. The van der Waals surface area contributed by atoms with Crippen LogP contribution in [0.1, 0.15) is 19.3 Å². The Bertz CT molecular complexity index is 633. The number of carbonyl (C=O) groups is 2. The summed E-state index contributed by atoms with van der Waals surface area (Å²) >= 11 is 0. The van der Waals surface area contributed by atoms with Crippen LogP contribution in [0.3, 0.4) is 0 Å². The molecule has 120 valence electrons. The molecule has 0 aromatic heterocycles. The Kier molecular flexibility index (Phi) is 5.18. The van der Waals surface area contributed by atoms with Gasteiger partial charge in [-0.15, -0.1) is 0 Å². The minimum atomic E-state index is -3.63. The van der Waals surface area contributed by atoms with Crippen LogP contribution >= 0.6 is 0 Å². The van der Waals surface area contributed by atoms with Crippen molar-refractivity contribution in [3.8, 4) is 0 Å². The predicted molar refractivity (Wildman–Crippen MR) is 80.1 cm³/mol. The molecule has 0 aliphatic carbocycles. The molecule has 0 unspecified atom stereocenters. The first-order chi connectivity index (χ1) is 10.4. The van der Waals surface area contributed by atoms with E-state index in [9.17, 15) is 18.0 Å².